The summed E-state index contributed by atoms with van der Waals surface area (Å²) in [6.07, 6.45) is 0.406. The zero-order valence-corrected chi connectivity index (χ0v) is 19.4. The second kappa shape index (κ2) is 9.10. The Hall–Kier alpha value is -3.22. The van der Waals surface area contributed by atoms with Crippen molar-refractivity contribution in [2.24, 2.45) is 0 Å². The number of pyridine rings is 1. The number of carbonyl (C=O) groups excluding carboxylic acids is 2. The van der Waals surface area contributed by atoms with Gasteiger partial charge in [0.05, 0.1) is 13.2 Å². The Morgan fingerprint density at radius 3 is 2.62 bits per heavy atom. The number of fused-ring (bicyclic) bond motifs is 1. The van der Waals surface area contributed by atoms with Crippen molar-refractivity contribution in [1.82, 2.24) is 9.88 Å². The van der Waals surface area contributed by atoms with Crippen LogP contribution in [-0.2, 0) is 27.9 Å². The van der Waals surface area contributed by atoms with Gasteiger partial charge in [0.15, 0.2) is 5.78 Å². The first-order valence-corrected chi connectivity index (χ1v) is 10.9. The molecule has 0 amide bonds. The molecule has 7 heteroatoms. The van der Waals surface area contributed by atoms with E-state index in [0.717, 1.165) is 11.3 Å². The highest BCUT2D eigenvalue weighted by molar-refractivity contribution is 6.04. The molecule has 0 saturated carbocycles. The molecule has 0 atom stereocenters. The predicted molar refractivity (Wildman–Crippen MR) is 122 cm³/mol. The van der Waals surface area contributed by atoms with E-state index in [0.29, 0.717) is 35.5 Å². The molecule has 0 bridgehead atoms. The maximum atomic E-state index is 13.2. The van der Waals surface area contributed by atoms with E-state index in [1.54, 1.807) is 24.0 Å². The van der Waals surface area contributed by atoms with Gasteiger partial charge in [-0.3, -0.25) is 15.0 Å². The number of amidine groups is 1. The third kappa shape index (κ3) is 4.98. The van der Waals surface area contributed by atoms with Crippen LogP contribution in [0.4, 0.5) is 0 Å². The van der Waals surface area contributed by atoms with E-state index in [4.69, 9.17) is 10.1 Å². The van der Waals surface area contributed by atoms with Crippen molar-refractivity contribution in [2.75, 3.05) is 13.2 Å². The molecule has 7 nitrogen and oxygen atoms in total. The monoisotopic (exact) mass is 437 g/mol. The number of benzene rings is 1. The summed E-state index contributed by atoms with van der Waals surface area (Å²) in [5.74, 6) is -0.136. The number of aryl methyl sites for hydroxylation is 2. The smallest absolute Gasteiger partial charge is 0.306 e. The van der Waals surface area contributed by atoms with Gasteiger partial charge in [0.25, 0.3) is 0 Å². The molecule has 1 aliphatic rings. The number of aromatic hydroxyl groups is 1. The zero-order valence-electron chi connectivity index (χ0n) is 19.4. The number of hydrogen-bond donors (Lipinski definition) is 2. The van der Waals surface area contributed by atoms with Gasteiger partial charge in [0, 0.05) is 35.3 Å². The van der Waals surface area contributed by atoms with Crippen molar-refractivity contribution in [3.05, 3.63) is 57.9 Å². The number of phenolic OH excluding ortho intramolecular Hbond substituents is 1. The summed E-state index contributed by atoms with van der Waals surface area (Å²) < 4.78 is 4.99. The van der Waals surface area contributed by atoms with Gasteiger partial charge in [-0.25, -0.2) is 4.98 Å². The average Bonchev–Trinajstić information content (AvgIpc) is 3.01. The average molecular weight is 438 g/mol. The van der Waals surface area contributed by atoms with E-state index in [9.17, 15) is 14.7 Å². The molecule has 2 N–H and O–H groups in total. The van der Waals surface area contributed by atoms with E-state index in [-0.39, 0.29) is 42.7 Å². The van der Waals surface area contributed by atoms with E-state index in [1.807, 2.05) is 39.8 Å². The van der Waals surface area contributed by atoms with Gasteiger partial charge in [-0.05, 0) is 49.4 Å². The molecule has 2 aromatic rings. The minimum absolute atomic E-state index is 0.0416. The SMILES string of the molecule is CCOC(=O)CCc1cc(C(=O)CN2Cc3ccc(C)nc3C2=N)cc(C(C)(C)C)c1O. The number of phenols is 1. The van der Waals surface area contributed by atoms with Crippen LogP contribution in [0.1, 0.15) is 72.6 Å². The van der Waals surface area contributed by atoms with Gasteiger partial charge in [-0.1, -0.05) is 26.8 Å². The Bertz CT molecular complexity index is 1070. The Morgan fingerprint density at radius 1 is 1.25 bits per heavy atom. The number of esters is 1. The number of rotatable bonds is 7. The molecular formula is C25H31N3O4. The van der Waals surface area contributed by atoms with Crippen LogP contribution in [0.15, 0.2) is 24.3 Å². The number of ketones is 1. The lowest BCUT2D eigenvalue weighted by Crippen LogP contribution is -2.30. The second-order valence-corrected chi connectivity index (χ2v) is 9.17. The van der Waals surface area contributed by atoms with Crippen LogP contribution in [0.2, 0.25) is 0 Å². The van der Waals surface area contributed by atoms with Crippen LogP contribution in [0.3, 0.4) is 0 Å². The van der Waals surface area contributed by atoms with Crippen molar-refractivity contribution in [2.45, 2.75) is 59.4 Å². The lowest BCUT2D eigenvalue weighted by atomic mass is 9.83. The second-order valence-electron chi connectivity index (χ2n) is 9.17. The van der Waals surface area contributed by atoms with Gasteiger partial charge >= 0.3 is 5.97 Å². The number of nitrogens with zero attached hydrogens (tertiary/aromatic N) is 2. The summed E-state index contributed by atoms with van der Waals surface area (Å²) in [6.45, 7) is 10.3. The van der Waals surface area contributed by atoms with Crippen molar-refractivity contribution in [1.29, 1.82) is 5.41 Å². The van der Waals surface area contributed by atoms with Gasteiger partial charge in [-0.2, -0.15) is 0 Å². The molecule has 32 heavy (non-hydrogen) atoms. The van der Waals surface area contributed by atoms with Crippen LogP contribution in [-0.4, -0.2) is 45.7 Å². The first kappa shape index (κ1) is 23.4. The highest BCUT2D eigenvalue weighted by Crippen LogP contribution is 2.35. The molecular weight excluding hydrogens is 406 g/mol. The minimum atomic E-state index is -0.392. The molecule has 2 heterocycles. The Labute approximate surface area is 188 Å². The Morgan fingerprint density at radius 2 is 1.97 bits per heavy atom. The number of aromatic nitrogens is 1. The standard InChI is InChI=1S/C25H31N3O4/c1-6-32-21(30)10-9-16-11-18(12-19(23(16)31)25(3,4)5)20(29)14-28-13-17-8-7-15(2)27-22(17)24(28)26/h7-8,11-12,26,31H,6,9-10,13-14H2,1-5H3. The van der Waals surface area contributed by atoms with Gasteiger partial charge in [-0.15, -0.1) is 0 Å². The van der Waals surface area contributed by atoms with Gasteiger partial charge in [0.2, 0.25) is 0 Å². The molecule has 170 valence electrons. The fraction of sp³-hybridized carbons (Fsp3) is 0.440. The van der Waals surface area contributed by atoms with Crippen molar-refractivity contribution < 1.29 is 19.4 Å². The van der Waals surface area contributed by atoms with Gasteiger partial charge in [0.1, 0.15) is 17.3 Å². The molecule has 0 saturated heterocycles. The first-order chi connectivity index (χ1) is 15.0. The quantitative estimate of drug-likeness (QED) is 0.503. The molecule has 0 aliphatic carbocycles. The summed E-state index contributed by atoms with van der Waals surface area (Å²) >= 11 is 0. The van der Waals surface area contributed by atoms with Crippen LogP contribution in [0.5, 0.6) is 5.75 Å². The largest absolute Gasteiger partial charge is 0.507 e. The highest BCUT2D eigenvalue weighted by Gasteiger charge is 2.29. The molecule has 0 radical (unpaired) electrons. The molecule has 1 aromatic heterocycles. The lowest BCUT2D eigenvalue weighted by molar-refractivity contribution is -0.143. The number of Topliss-reactive ketones (excluding diaryl/α,β-unsaturated/α-hetero) is 1. The molecule has 0 fully saturated rings. The number of carbonyl (C=O) groups is 2. The summed E-state index contributed by atoms with van der Waals surface area (Å²) in [5, 5.41) is 19.3. The topological polar surface area (TPSA) is 104 Å². The lowest BCUT2D eigenvalue weighted by Gasteiger charge is -2.24. The van der Waals surface area contributed by atoms with Crippen molar-refractivity contribution in [3.63, 3.8) is 0 Å². The van der Waals surface area contributed by atoms with Crippen LogP contribution >= 0.6 is 0 Å². The van der Waals surface area contributed by atoms with Crippen LogP contribution < -0.4 is 0 Å². The van der Waals surface area contributed by atoms with Crippen molar-refractivity contribution >= 4 is 17.6 Å². The summed E-state index contributed by atoms with van der Waals surface area (Å²) in [7, 11) is 0. The zero-order chi connectivity index (χ0) is 23.6. The van der Waals surface area contributed by atoms with Gasteiger partial charge < -0.3 is 14.7 Å². The van der Waals surface area contributed by atoms with E-state index >= 15 is 0 Å². The van der Waals surface area contributed by atoms with Crippen molar-refractivity contribution in [3.8, 4) is 5.75 Å². The van der Waals surface area contributed by atoms with E-state index < -0.39 is 5.41 Å². The van der Waals surface area contributed by atoms with E-state index in [1.165, 1.54) is 0 Å². The number of ether oxygens (including phenoxy) is 1. The fourth-order valence-corrected chi connectivity index (χ4v) is 3.84. The molecule has 0 spiro atoms. The molecule has 0 unspecified atom stereocenters. The normalized spacial score (nSPS) is 13.3. The summed E-state index contributed by atoms with van der Waals surface area (Å²) in [4.78, 5) is 31.2. The number of hydrogen-bond acceptors (Lipinski definition) is 6. The fourth-order valence-electron chi connectivity index (χ4n) is 3.84. The third-order valence-corrected chi connectivity index (χ3v) is 5.58. The predicted octanol–water partition coefficient (Wildman–Crippen LogP) is 3.91. The molecule has 1 aromatic carbocycles. The summed E-state index contributed by atoms with van der Waals surface area (Å²) in [6, 6.07) is 7.23. The highest BCUT2D eigenvalue weighted by atomic mass is 16.5. The molecule has 1 aliphatic heterocycles. The molecule has 3 rings (SSSR count). The van der Waals surface area contributed by atoms with Crippen LogP contribution in [0.25, 0.3) is 0 Å². The number of nitrogens with one attached hydrogen (secondary N) is 1. The summed E-state index contributed by atoms with van der Waals surface area (Å²) in [5.41, 5.74) is 3.65. The maximum Gasteiger partial charge on any atom is 0.306 e. The van der Waals surface area contributed by atoms with E-state index in [2.05, 4.69) is 4.98 Å². The third-order valence-electron chi connectivity index (χ3n) is 5.58. The van der Waals surface area contributed by atoms with Crippen LogP contribution in [0, 0.1) is 12.3 Å². The Kier molecular flexibility index (Phi) is 6.67. The maximum absolute atomic E-state index is 13.2. The first-order valence-electron chi connectivity index (χ1n) is 10.9. The minimum Gasteiger partial charge on any atom is -0.507 e. The Balaban J connectivity index is 1.86.